The van der Waals surface area contributed by atoms with Gasteiger partial charge in [-0.2, -0.15) is 0 Å². The Morgan fingerprint density at radius 1 is 1.55 bits per heavy atom. The number of aliphatic hydroxyl groups excluding tert-OH is 2. The second-order valence-electron chi connectivity index (χ2n) is 5.28. The maximum atomic E-state index is 10.5. The molecule has 22 heavy (non-hydrogen) atoms. The van der Waals surface area contributed by atoms with E-state index >= 15 is 0 Å². The van der Waals surface area contributed by atoms with Gasteiger partial charge in [-0.3, -0.25) is 0 Å². The molecule has 2 aromatic rings. The van der Waals surface area contributed by atoms with Gasteiger partial charge >= 0.3 is 0 Å². The van der Waals surface area contributed by atoms with Gasteiger partial charge in [0, 0.05) is 6.20 Å². The topological polar surface area (TPSA) is 105 Å². The van der Waals surface area contributed by atoms with E-state index in [0.717, 1.165) is 0 Å². The quantitative estimate of drug-likeness (QED) is 0.553. The van der Waals surface area contributed by atoms with Crippen molar-refractivity contribution in [2.75, 3.05) is 6.61 Å². The van der Waals surface area contributed by atoms with Crippen LogP contribution in [0.25, 0.3) is 15.9 Å². The number of aromatic nitrogens is 3. The molecule has 3 heterocycles. The Bertz CT molecular complexity index is 769. The molecule has 0 unspecified atom stereocenters. The lowest BCUT2D eigenvalue weighted by molar-refractivity contribution is -0.0947. The molecule has 0 aromatic carbocycles. The van der Waals surface area contributed by atoms with Gasteiger partial charge < -0.3 is 24.6 Å². The maximum absolute atomic E-state index is 10.5. The molecular formula is C13H13ClN4O4. The Labute approximate surface area is 130 Å². The van der Waals surface area contributed by atoms with Crippen LogP contribution in [0, 0.1) is 6.57 Å². The average molecular weight is 325 g/mol. The average Bonchev–Trinajstić information content (AvgIpc) is 2.97. The zero-order chi connectivity index (χ0) is 16.1. The number of fused-ring (bicyclic) bond motifs is 1. The van der Waals surface area contributed by atoms with Crippen molar-refractivity contribution in [3.8, 4) is 0 Å². The van der Waals surface area contributed by atoms with Gasteiger partial charge in [0.15, 0.2) is 6.23 Å². The summed E-state index contributed by atoms with van der Waals surface area (Å²) in [5.41, 5.74) is -1.15. The van der Waals surface area contributed by atoms with Crippen molar-refractivity contribution in [1.29, 1.82) is 0 Å². The summed E-state index contributed by atoms with van der Waals surface area (Å²) in [5, 5.41) is 30.3. The van der Waals surface area contributed by atoms with E-state index in [9.17, 15) is 15.3 Å². The molecule has 2 aromatic heterocycles. The lowest BCUT2D eigenvalue weighted by Gasteiger charge is -2.27. The van der Waals surface area contributed by atoms with E-state index in [0.29, 0.717) is 11.0 Å². The Balaban J connectivity index is 2.20. The predicted molar refractivity (Wildman–Crippen MR) is 76.4 cm³/mol. The van der Waals surface area contributed by atoms with Crippen molar-refractivity contribution in [3.05, 3.63) is 29.1 Å². The van der Waals surface area contributed by atoms with Crippen molar-refractivity contribution in [2.45, 2.75) is 31.0 Å². The lowest BCUT2D eigenvalue weighted by Crippen LogP contribution is -2.44. The van der Waals surface area contributed by atoms with Gasteiger partial charge in [0.2, 0.25) is 5.69 Å². The standard InChI is InChI=1S/C13H13ClN4O4/c1-13(21)9(20)7(4-19)22-12(13)18-3-6(15-2)8-10(14)16-5-17-11(8)18/h3,5,7,9,12,19-21H,4H2,1H3/t7-,9-,12-,13+/m1/s1. The lowest BCUT2D eigenvalue weighted by atomic mass is 9.96. The monoisotopic (exact) mass is 324 g/mol. The fourth-order valence-electron chi connectivity index (χ4n) is 2.68. The third-order valence-corrected chi connectivity index (χ3v) is 4.14. The molecule has 3 rings (SSSR count). The van der Waals surface area contributed by atoms with Gasteiger partial charge in [-0.1, -0.05) is 11.6 Å². The molecule has 0 amide bonds. The van der Waals surface area contributed by atoms with Crippen LogP contribution in [-0.4, -0.2) is 54.3 Å². The van der Waals surface area contributed by atoms with Crippen LogP contribution in [0.2, 0.25) is 5.15 Å². The summed E-state index contributed by atoms with van der Waals surface area (Å²) in [4.78, 5) is 11.3. The molecule has 3 N–H and O–H groups in total. The first kappa shape index (κ1) is 15.1. The normalized spacial score (nSPS) is 31.5. The number of rotatable bonds is 2. The molecule has 1 aliphatic heterocycles. The van der Waals surface area contributed by atoms with Crippen molar-refractivity contribution in [3.63, 3.8) is 0 Å². The van der Waals surface area contributed by atoms with Crippen LogP contribution >= 0.6 is 11.6 Å². The maximum Gasteiger partial charge on any atom is 0.216 e. The third-order valence-electron chi connectivity index (χ3n) is 3.85. The number of hydrogen-bond donors (Lipinski definition) is 3. The summed E-state index contributed by atoms with van der Waals surface area (Å²) in [6, 6.07) is 0. The number of hydrogen-bond acceptors (Lipinski definition) is 6. The Kier molecular flexibility index (Phi) is 3.55. The van der Waals surface area contributed by atoms with Gasteiger partial charge in [-0.15, -0.1) is 0 Å². The largest absolute Gasteiger partial charge is 0.394 e. The van der Waals surface area contributed by atoms with Gasteiger partial charge in [0.05, 0.1) is 18.6 Å². The van der Waals surface area contributed by atoms with E-state index in [-0.39, 0.29) is 10.8 Å². The molecule has 1 saturated heterocycles. The molecular weight excluding hydrogens is 312 g/mol. The highest BCUT2D eigenvalue weighted by Crippen LogP contribution is 2.42. The molecule has 1 aliphatic rings. The van der Waals surface area contributed by atoms with E-state index in [1.807, 2.05) is 0 Å². The molecule has 0 spiro atoms. The SMILES string of the molecule is [C-]#[N+]c1cn([C@@H]2O[C@H](CO)[C@@H](O)[C@]2(C)O)c2ncnc(Cl)c12. The van der Waals surface area contributed by atoms with Crippen LogP contribution in [0.4, 0.5) is 5.69 Å². The number of nitrogens with zero attached hydrogens (tertiary/aromatic N) is 4. The van der Waals surface area contributed by atoms with Gasteiger partial charge in [0.25, 0.3) is 0 Å². The van der Waals surface area contributed by atoms with Crippen molar-refractivity contribution < 1.29 is 20.1 Å². The van der Waals surface area contributed by atoms with Crippen LogP contribution in [0.1, 0.15) is 13.2 Å². The Hall–Kier alpha value is -1.76. The van der Waals surface area contributed by atoms with Crippen LogP contribution in [0.15, 0.2) is 12.5 Å². The van der Waals surface area contributed by atoms with Crippen LogP contribution in [-0.2, 0) is 4.74 Å². The zero-order valence-electron chi connectivity index (χ0n) is 11.5. The zero-order valence-corrected chi connectivity index (χ0v) is 12.3. The van der Waals surface area contributed by atoms with Gasteiger partial charge in [0.1, 0.15) is 34.9 Å². The molecule has 0 bridgehead atoms. The molecule has 4 atom stereocenters. The van der Waals surface area contributed by atoms with E-state index < -0.39 is 30.6 Å². The summed E-state index contributed by atoms with van der Waals surface area (Å²) in [5.74, 6) is 0. The number of ether oxygens (including phenoxy) is 1. The van der Waals surface area contributed by atoms with Crippen LogP contribution in [0.3, 0.4) is 0 Å². The minimum Gasteiger partial charge on any atom is -0.394 e. The van der Waals surface area contributed by atoms with Crippen molar-refractivity contribution in [1.82, 2.24) is 14.5 Å². The van der Waals surface area contributed by atoms with Crippen LogP contribution < -0.4 is 0 Å². The molecule has 8 nitrogen and oxygen atoms in total. The minimum absolute atomic E-state index is 0.117. The molecule has 1 fully saturated rings. The third kappa shape index (κ3) is 1.99. The summed E-state index contributed by atoms with van der Waals surface area (Å²) >= 11 is 6.02. The molecule has 116 valence electrons. The molecule has 0 radical (unpaired) electrons. The number of aliphatic hydroxyl groups is 3. The Morgan fingerprint density at radius 2 is 2.27 bits per heavy atom. The van der Waals surface area contributed by atoms with E-state index in [4.69, 9.17) is 22.9 Å². The van der Waals surface area contributed by atoms with E-state index in [2.05, 4.69) is 14.8 Å². The number of halogens is 1. The summed E-state index contributed by atoms with van der Waals surface area (Å²) in [6.45, 7) is 8.17. The van der Waals surface area contributed by atoms with Gasteiger partial charge in [-0.05, 0) is 6.92 Å². The minimum atomic E-state index is -1.67. The fraction of sp³-hybridized carbons (Fsp3) is 0.462. The first-order chi connectivity index (χ1) is 10.4. The highest BCUT2D eigenvalue weighted by molar-refractivity contribution is 6.35. The van der Waals surface area contributed by atoms with E-state index in [1.165, 1.54) is 24.0 Å². The first-order valence-corrected chi connectivity index (χ1v) is 6.84. The van der Waals surface area contributed by atoms with E-state index in [1.54, 1.807) is 0 Å². The fourth-order valence-corrected chi connectivity index (χ4v) is 2.91. The van der Waals surface area contributed by atoms with Gasteiger partial charge in [-0.25, -0.2) is 14.8 Å². The smallest absolute Gasteiger partial charge is 0.216 e. The summed E-state index contributed by atoms with van der Waals surface area (Å²) in [7, 11) is 0. The van der Waals surface area contributed by atoms with Crippen molar-refractivity contribution >= 4 is 28.3 Å². The highest BCUT2D eigenvalue weighted by Gasteiger charge is 2.53. The second kappa shape index (κ2) is 5.15. The molecule has 0 aliphatic carbocycles. The van der Waals surface area contributed by atoms with Crippen LogP contribution in [0.5, 0.6) is 0 Å². The summed E-state index contributed by atoms with van der Waals surface area (Å²) < 4.78 is 6.96. The first-order valence-electron chi connectivity index (χ1n) is 6.47. The molecule has 9 heteroatoms. The predicted octanol–water partition coefficient (Wildman–Crippen LogP) is 0.637. The Morgan fingerprint density at radius 3 is 2.86 bits per heavy atom. The second-order valence-corrected chi connectivity index (χ2v) is 5.63. The van der Waals surface area contributed by atoms with Crippen molar-refractivity contribution in [2.24, 2.45) is 0 Å². The molecule has 0 saturated carbocycles. The summed E-state index contributed by atoms with van der Waals surface area (Å²) in [6.07, 6.45) is -0.578. The highest BCUT2D eigenvalue weighted by atomic mass is 35.5.